The Kier molecular flexibility index (Phi) is 6.66. The summed E-state index contributed by atoms with van der Waals surface area (Å²) in [6.45, 7) is 3.47. The number of aromatic nitrogens is 3. The molecule has 0 amide bonds. The molecule has 0 aliphatic carbocycles. The van der Waals surface area contributed by atoms with Gasteiger partial charge in [-0.25, -0.2) is 9.37 Å². The van der Waals surface area contributed by atoms with Gasteiger partial charge in [-0.1, -0.05) is 69.5 Å². The van der Waals surface area contributed by atoms with Gasteiger partial charge in [-0.2, -0.15) is 11.3 Å². The number of halogens is 1. The maximum absolute atomic E-state index is 13.9. The fraction of sp³-hybridized carbons (Fsp3) is 0.250. The van der Waals surface area contributed by atoms with Crippen LogP contribution in [-0.4, -0.2) is 23.0 Å². The number of nitrogens with zero attached hydrogens (tertiary/aromatic N) is 3. The quantitative estimate of drug-likeness (QED) is 0.132. The molecule has 6 rings (SSSR count). The number of rotatable bonds is 4. The fourth-order valence-electron chi connectivity index (χ4n) is 4.59. The Morgan fingerprint density at radius 3 is 2.42 bits per heavy atom. The Balaban J connectivity index is 0.000000235. The van der Waals surface area contributed by atoms with Gasteiger partial charge in [0.2, 0.25) is 0 Å². The van der Waals surface area contributed by atoms with Crippen LogP contribution in [0.4, 0.5) is 4.39 Å². The predicted molar refractivity (Wildman–Crippen MR) is 179 cm³/mol. The van der Waals surface area contributed by atoms with Gasteiger partial charge in [-0.3, -0.25) is 0 Å². The second kappa shape index (κ2) is 13.3. The number of hydrogen-bond acceptors (Lipinski definition) is 4. The van der Waals surface area contributed by atoms with Crippen molar-refractivity contribution in [2.75, 3.05) is 0 Å². The van der Waals surface area contributed by atoms with Crippen LogP contribution in [0.3, 0.4) is 0 Å². The largest absolute Gasteiger partial charge is 0.305 e. The monoisotopic (exact) mass is 792 g/mol. The van der Waals surface area contributed by atoms with E-state index in [9.17, 15) is 4.39 Å². The first-order valence-corrected chi connectivity index (χ1v) is 17.6. The van der Waals surface area contributed by atoms with E-state index in [1.165, 1.54) is 34.7 Å². The number of benzene rings is 2. The van der Waals surface area contributed by atoms with E-state index in [-0.39, 0.29) is 37.1 Å². The summed E-state index contributed by atoms with van der Waals surface area (Å²) in [4.78, 5) is 13.4. The standard InChI is InChI=1S/C18H12FN2S.C18H24NSi.Ir/c1-10-8-16(20-9-15(10)19)14-5-3-4-12-13-7-6-11(2)21-18(13)22-17(12)14;1-13(2)16-11-17(15-9-7-14(3)8-10-15)19-12-18(16)20(4,5)6;/h3-4,6-9H,1-2H3;7-9,11-13H,1-6H3;/q2*-1;/i1D3,2D3;3D3,13D;. The fourth-order valence-corrected chi connectivity index (χ4v) is 7.35. The zero-order chi connectivity index (χ0) is 38.6. The van der Waals surface area contributed by atoms with Crippen molar-refractivity contribution in [3.8, 4) is 22.5 Å². The maximum atomic E-state index is 13.9. The Labute approximate surface area is 287 Å². The Hall–Kier alpha value is -3.09. The number of aryl methyl sites for hydroxylation is 3. The van der Waals surface area contributed by atoms with E-state index < -0.39 is 45.9 Å². The number of thiophene rings is 1. The van der Waals surface area contributed by atoms with Crippen LogP contribution in [0.1, 0.15) is 55.8 Å². The van der Waals surface area contributed by atoms with Crippen molar-refractivity contribution in [2.24, 2.45) is 0 Å². The van der Waals surface area contributed by atoms with Gasteiger partial charge >= 0.3 is 0 Å². The molecule has 0 N–H and O–H groups in total. The number of hydrogen-bond donors (Lipinski definition) is 0. The SMILES string of the molecule is [2H]C([2H])([2H])c1c[c-]c(-c2cc(C([2H])(C)C)c([Si](C)(C)C)cn2)cc1.[2H]C([2H])([2H])c1ccc2c(n1)sc1c(-c3cc(C([2H])([2H])[2H])c(F)cn3)[c-]ccc12.[Ir]. The van der Waals surface area contributed by atoms with Crippen molar-refractivity contribution < 1.29 is 38.2 Å². The summed E-state index contributed by atoms with van der Waals surface area (Å²) in [6, 6.07) is 20.7. The van der Waals surface area contributed by atoms with Crippen molar-refractivity contribution in [2.45, 2.75) is 59.9 Å². The molecular formula is C36H36FIrN3SSi-2. The van der Waals surface area contributed by atoms with E-state index in [1.807, 2.05) is 32.2 Å². The summed E-state index contributed by atoms with van der Waals surface area (Å²) in [5, 5.41) is 2.78. The maximum Gasteiger partial charge on any atom is 0.142 e. The minimum Gasteiger partial charge on any atom is -0.305 e. The topological polar surface area (TPSA) is 38.7 Å². The zero-order valence-corrected chi connectivity index (χ0v) is 28.5. The summed E-state index contributed by atoms with van der Waals surface area (Å²) in [6.07, 6.45) is 2.78. The summed E-state index contributed by atoms with van der Waals surface area (Å²) >= 11 is 1.26. The van der Waals surface area contributed by atoms with E-state index in [0.717, 1.165) is 38.5 Å². The molecule has 0 fully saturated rings. The Bertz CT molecular complexity index is 2260. The molecule has 0 unspecified atom stereocenters. The van der Waals surface area contributed by atoms with Crippen LogP contribution < -0.4 is 5.19 Å². The number of fused-ring (bicyclic) bond motifs is 3. The molecule has 0 bridgehead atoms. The molecule has 223 valence electrons. The third-order valence-corrected chi connectivity index (χ3v) is 9.90. The second-order valence-electron chi connectivity index (χ2n) is 11.2. The van der Waals surface area contributed by atoms with Gasteiger partial charge in [0.15, 0.2) is 0 Å². The molecule has 1 radical (unpaired) electrons. The summed E-state index contributed by atoms with van der Waals surface area (Å²) < 4.78 is 90.5. The minimum atomic E-state index is -2.61. The third kappa shape index (κ3) is 7.18. The van der Waals surface area contributed by atoms with Crippen molar-refractivity contribution in [3.63, 3.8) is 0 Å². The second-order valence-corrected chi connectivity index (χ2v) is 17.2. The first-order valence-electron chi connectivity index (χ1n) is 18.3. The zero-order valence-electron chi connectivity index (χ0n) is 34.3. The van der Waals surface area contributed by atoms with Gasteiger partial charge in [0.1, 0.15) is 10.6 Å². The smallest absolute Gasteiger partial charge is 0.142 e. The first kappa shape index (κ1) is 21.6. The Morgan fingerprint density at radius 1 is 0.930 bits per heavy atom. The Morgan fingerprint density at radius 2 is 1.74 bits per heavy atom. The van der Waals surface area contributed by atoms with Crippen molar-refractivity contribution in [1.29, 1.82) is 0 Å². The average Bonchev–Trinajstić information content (AvgIpc) is 3.41. The molecule has 0 spiro atoms. The van der Waals surface area contributed by atoms with Crippen molar-refractivity contribution in [1.82, 2.24) is 15.0 Å². The summed E-state index contributed by atoms with van der Waals surface area (Å²) in [7, 11) is -1.61. The van der Waals surface area contributed by atoms with Crippen LogP contribution in [0, 0.1) is 38.5 Å². The van der Waals surface area contributed by atoms with E-state index in [2.05, 4.69) is 46.7 Å². The molecule has 6 aromatic rings. The molecular weight excluding hydrogens is 746 g/mol. The summed E-state index contributed by atoms with van der Waals surface area (Å²) in [5.41, 5.74) is 3.11. The van der Waals surface area contributed by atoms with Crippen LogP contribution in [-0.2, 0) is 20.1 Å². The molecule has 0 atom stereocenters. The van der Waals surface area contributed by atoms with Gasteiger partial charge in [0, 0.05) is 45.7 Å². The van der Waals surface area contributed by atoms with Crippen LogP contribution >= 0.6 is 11.3 Å². The van der Waals surface area contributed by atoms with Crippen LogP contribution in [0.25, 0.3) is 42.8 Å². The normalized spacial score (nSPS) is 16.0. The summed E-state index contributed by atoms with van der Waals surface area (Å²) in [5.74, 6) is -1.61. The van der Waals surface area contributed by atoms with Gasteiger partial charge in [-0.15, -0.1) is 59.2 Å². The molecule has 0 saturated heterocycles. The van der Waals surface area contributed by atoms with Gasteiger partial charge < -0.3 is 9.97 Å². The molecule has 7 heteroatoms. The number of pyridine rings is 3. The molecule has 3 nitrogen and oxygen atoms in total. The molecule has 0 aliphatic heterocycles. The molecule has 2 aromatic carbocycles. The molecule has 0 saturated carbocycles. The van der Waals surface area contributed by atoms with E-state index in [0.29, 0.717) is 10.4 Å². The minimum absolute atomic E-state index is 0. The van der Waals surface area contributed by atoms with E-state index >= 15 is 0 Å². The average molecular weight is 792 g/mol. The van der Waals surface area contributed by atoms with E-state index in [1.54, 1.807) is 24.3 Å². The van der Waals surface area contributed by atoms with Crippen molar-refractivity contribution in [3.05, 3.63) is 107 Å². The van der Waals surface area contributed by atoms with Crippen molar-refractivity contribution >= 4 is 44.9 Å². The third-order valence-electron chi connectivity index (χ3n) is 6.75. The van der Waals surface area contributed by atoms with E-state index in [4.69, 9.17) is 13.7 Å². The van der Waals surface area contributed by atoms with Crippen LogP contribution in [0.5, 0.6) is 0 Å². The van der Waals surface area contributed by atoms with Gasteiger partial charge in [-0.05, 0) is 57.9 Å². The van der Waals surface area contributed by atoms with Gasteiger partial charge in [0.05, 0.1) is 14.3 Å². The van der Waals surface area contributed by atoms with Crippen LogP contribution in [0.15, 0.2) is 67.0 Å². The molecule has 0 aliphatic rings. The molecule has 43 heavy (non-hydrogen) atoms. The van der Waals surface area contributed by atoms with Crippen LogP contribution in [0.2, 0.25) is 19.6 Å². The molecule has 4 aromatic heterocycles. The first-order chi connectivity index (χ1) is 23.9. The molecule has 4 heterocycles. The van der Waals surface area contributed by atoms with Gasteiger partial charge in [0.25, 0.3) is 0 Å². The predicted octanol–water partition coefficient (Wildman–Crippen LogP) is 9.59.